The molecule has 0 aromatic heterocycles. The number of nitro groups is 1. The Morgan fingerprint density at radius 2 is 1.94 bits per heavy atom. The molecule has 16 heavy (non-hydrogen) atoms. The van der Waals surface area contributed by atoms with Crippen molar-refractivity contribution in [3.63, 3.8) is 0 Å². The second-order valence-corrected chi connectivity index (χ2v) is 4.58. The zero-order valence-electron chi connectivity index (χ0n) is 9.82. The second kappa shape index (κ2) is 4.70. The van der Waals surface area contributed by atoms with Gasteiger partial charge in [-0.15, -0.1) is 0 Å². The third-order valence-electron chi connectivity index (χ3n) is 2.39. The van der Waals surface area contributed by atoms with E-state index < -0.39 is 0 Å². The smallest absolute Gasteiger partial charge is 0.292 e. The first-order chi connectivity index (χ1) is 7.34. The molecule has 1 aromatic carbocycles. The summed E-state index contributed by atoms with van der Waals surface area (Å²) in [5.74, 6) is 0.169. The molecule has 0 aliphatic heterocycles. The predicted molar refractivity (Wildman–Crippen MR) is 66.5 cm³/mol. The lowest BCUT2D eigenvalue weighted by Gasteiger charge is -2.16. The maximum Gasteiger partial charge on any atom is 0.292 e. The molecule has 0 atom stereocenters. The van der Waals surface area contributed by atoms with E-state index in [1.807, 2.05) is 13.8 Å². The van der Waals surface area contributed by atoms with Crippen LogP contribution in [0.2, 0.25) is 5.02 Å². The molecule has 0 unspecified atom stereocenters. The Balaban J connectivity index is 3.43. The number of nitrogens with zero attached hydrogens (tertiary/aromatic N) is 2. The number of halogens is 1. The van der Waals surface area contributed by atoms with E-state index in [9.17, 15) is 10.1 Å². The van der Waals surface area contributed by atoms with Crippen LogP contribution in [0.25, 0.3) is 0 Å². The molecule has 0 fully saturated rings. The van der Waals surface area contributed by atoms with Crippen molar-refractivity contribution >= 4 is 23.0 Å². The fraction of sp³-hybridized carbons (Fsp3) is 0.455. The number of rotatable bonds is 3. The minimum absolute atomic E-state index is 0.0955. The lowest BCUT2D eigenvalue weighted by molar-refractivity contribution is -0.384. The van der Waals surface area contributed by atoms with Gasteiger partial charge in [0, 0.05) is 25.2 Å². The fourth-order valence-electron chi connectivity index (χ4n) is 1.51. The monoisotopic (exact) mass is 242 g/mol. The zero-order valence-corrected chi connectivity index (χ0v) is 10.6. The number of anilines is 1. The zero-order chi connectivity index (χ0) is 12.5. The molecule has 0 radical (unpaired) electrons. The normalized spacial score (nSPS) is 10.6. The van der Waals surface area contributed by atoms with Gasteiger partial charge in [0.25, 0.3) is 5.69 Å². The largest absolute Gasteiger partial charge is 0.372 e. The van der Waals surface area contributed by atoms with Gasteiger partial charge in [-0.2, -0.15) is 0 Å². The molecule has 0 aliphatic rings. The average Bonchev–Trinajstić information content (AvgIpc) is 2.15. The van der Waals surface area contributed by atoms with E-state index in [0.29, 0.717) is 10.7 Å². The highest BCUT2D eigenvalue weighted by Crippen LogP contribution is 2.35. The van der Waals surface area contributed by atoms with Crippen molar-refractivity contribution < 1.29 is 4.92 Å². The first-order valence-electron chi connectivity index (χ1n) is 4.99. The van der Waals surface area contributed by atoms with Crippen LogP contribution in [0.1, 0.15) is 25.3 Å². The first-order valence-corrected chi connectivity index (χ1v) is 5.37. The van der Waals surface area contributed by atoms with Crippen LogP contribution in [0.15, 0.2) is 12.1 Å². The summed E-state index contributed by atoms with van der Waals surface area (Å²) in [5, 5.41) is 11.5. The highest BCUT2D eigenvalue weighted by atomic mass is 35.5. The van der Waals surface area contributed by atoms with Crippen molar-refractivity contribution in [2.24, 2.45) is 0 Å². The Bertz CT molecular complexity index is 417. The lowest BCUT2D eigenvalue weighted by Crippen LogP contribution is -2.11. The van der Waals surface area contributed by atoms with Crippen LogP contribution in [-0.4, -0.2) is 19.0 Å². The Morgan fingerprint density at radius 3 is 2.31 bits per heavy atom. The van der Waals surface area contributed by atoms with Crippen molar-refractivity contribution in [1.82, 2.24) is 0 Å². The number of hydrogen-bond donors (Lipinski definition) is 0. The van der Waals surface area contributed by atoms with Crippen molar-refractivity contribution in [2.45, 2.75) is 19.8 Å². The standard InChI is InChI=1S/C11H15ClN2O2/c1-7(2)8-5-11(14(15)16)10(13(3)4)6-9(8)12/h5-7H,1-4H3. The summed E-state index contributed by atoms with van der Waals surface area (Å²) in [6.07, 6.45) is 0. The summed E-state index contributed by atoms with van der Waals surface area (Å²) < 4.78 is 0. The van der Waals surface area contributed by atoms with Gasteiger partial charge in [0.05, 0.1) is 4.92 Å². The van der Waals surface area contributed by atoms with Crippen LogP contribution in [0.5, 0.6) is 0 Å². The Labute approximate surface area is 100.0 Å². The van der Waals surface area contributed by atoms with Crippen molar-refractivity contribution in [1.29, 1.82) is 0 Å². The van der Waals surface area contributed by atoms with Crippen LogP contribution in [0.3, 0.4) is 0 Å². The maximum absolute atomic E-state index is 10.9. The van der Waals surface area contributed by atoms with E-state index in [2.05, 4.69) is 0 Å². The molecule has 5 heteroatoms. The van der Waals surface area contributed by atoms with Crippen LogP contribution < -0.4 is 4.90 Å². The highest BCUT2D eigenvalue weighted by Gasteiger charge is 2.19. The maximum atomic E-state index is 10.9. The second-order valence-electron chi connectivity index (χ2n) is 4.17. The van der Waals surface area contributed by atoms with Gasteiger partial charge in [0.15, 0.2) is 0 Å². The quantitative estimate of drug-likeness (QED) is 0.603. The van der Waals surface area contributed by atoms with Gasteiger partial charge in [-0.05, 0) is 17.5 Å². The van der Waals surface area contributed by atoms with Crippen LogP contribution in [0, 0.1) is 10.1 Å². The summed E-state index contributed by atoms with van der Waals surface area (Å²) in [4.78, 5) is 12.3. The van der Waals surface area contributed by atoms with E-state index in [-0.39, 0.29) is 16.5 Å². The van der Waals surface area contributed by atoms with Gasteiger partial charge in [-0.3, -0.25) is 10.1 Å². The third-order valence-corrected chi connectivity index (χ3v) is 2.72. The summed E-state index contributed by atoms with van der Waals surface area (Å²) in [6, 6.07) is 3.21. The minimum atomic E-state index is -0.377. The Morgan fingerprint density at radius 1 is 1.38 bits per heavy atom. The first kappa shape index (κ1) is 12.8. The molecular formula is C11H15ClN2O2. The third kappa shape index (κ3) is 2.44. The van der Waals surface area contributed by atoms with E-state index in [1.54, 1.807) is 31.1 Å². The van der Waals surface area contributed by atoms with Gasteiger partial charge in [-0.1, -0.05) is 25.4 Å². The molecular weight excluding hydrogens is 228 g/mol. The average molecular weight is 243 g/mol. The SMILES string of the molecule is CC(C)c1cc([N+](=O)[O-])c(N(C)C)cc1Cl. The predicted octanol–water partition coefficient (Wildman–Crippen LogP) is 3.44. The van der Waals surface area contributed by atoms with E-state index in [0.717, 1.165) is 5.56 Å². The summed E-state index contributed by atoms with van der Waals surface area (Å²) in [5.41, 5.74) is 1.43. The molecule has 4 nitrogen and oxygen atoms in total. The van der Waals surface area contributed by atoms with Gasteiger partial charge < -0.3 is 4.90 Å². The van der Waals surface area contributed by atoms with Gasteiger partial charge in [0.1, 0.15) is 5.69 Å². The van der Waals surface area contributed by atoms with Crippen LogP contribution in [-0.2, 0) is 0 Å². The topological polar surface area (TPSA) is 46.4 Å². The summed E-state index contributed by atoms with van der Waals surface area (Å²) in [7, 11) is 3.52. The minimum Gasteiger partial charge on any atom is -0.372 e. The molecule has 1 aromatic rings. The molecule has 0 heterocycles. The van der Waals surface area contributed by atoms with E-state index in [1.165, 1.54) is 0 Å². The van der Waals surface area contributed by atoms with Crippen molar-refractivity contribution in [2.75, 3.05) is 19.0 Å². The Hall–Kier alpha value is -1.29. The number of nitro benzene ring substituents is 1. The lowest BCUT2D eigenvalue weighted by atomic mass is 10.0. The van der Waals surface area contributed by atoms with Crippen molar-refractivity contribution in [3.05, 3.63) is 32.8 Å². The van der Waals surface area contributed by atoms with Crippen molar-refractivity contribution in [3.8, 4) is 0 Å². The molecule has 1 rings (SSSR count). The molecule has 0 amide bonds. The number of hydrogen-bond acceptors (Lipinski definition) is 3. The van der Waals surface area contributed by atoms with Gasteiger partial charge in [0.2, 0.25) is 0 Å². The van der Waals surface area contributed by atoms with Gasteiger partial charge >= 0.3 is 0 Å². The molecule has 0 saturated heterocycles. The van der Waals surface area contributed by atoms with Gasteiger partial charge in [-0.25, -0.2) is 0 Å². The summed E-state index contributed by atoms with van der Waals surface area (Å²) in [6.45, 7) is 3.92. The Kier molecular flexibility index (Phi) is 3.75. The van der Waals surface area contributed by atoms with E-state index in [4.69, 9.17) is 11.6 Å². The number of benzene rings is 1. The van der Waals surface area contributed by atoms with Crippen LogP contribution in [0.4, 0.5) is 11.4 Å². The molecule has 88 valence electrons. The molecule has 0 spiro atoms. The molecule has 0 bridgehead atoms. The fourth-order valence-corrected chi connectivity index (χ4v) is 1.89. The molecule has 0 aliphatic carbocycles. The molecule has 0 N–H and O–H groups in total. The summed E-state index contributed by atoms with van der Waals surface area (Å²) >= 11 is 6.10. The molecule has 0 saturated carbocycles. The van der Waals surface area contributed by atoms with Crippen LogP contribution >= 0.6 is 11.6 Å². The highest BCUT2D eigenvalue weighted by molar-refractivity contribution is 6.31. The van der Waals surface area contributed by atoms with E-state index >= 15 is 0 Å².